The van der Waals surface area contributed by atoms with Crippen molar-refractivity contribution in [3.63, 3.8) is 0 Å². The molecule has 180 valence electrons. The predicted octanol–water partition coefficient (Wildman–Crippen LogP) is 6.15. The molecule has 3 aromatic rings. The zero-order valence-corrected chi connectivity index (χ0v) is 19.6. The molecule has 0 radical (unpaired) electrons. The van der Waals surface area contributed by atoms with Gasteiger partial charge in [-0.1, -0.05) is 11.6 Å². The van der Waals surface area contributed by atoms with E-state index in [4.69, 9.17) is 16.3 Å². The Balaban J connectivity index is 1.94. The summed E-state index contributed by atoms with van der Waals surface area (Å²) in [6.45, 7) is 0. The number of hydrogen-bond donors (Lipinski definition) is 1. The number of carbonyl (C=O) groups is 1. The minimum absolute atomic E-state index is 0.145. The maximum atomic E-state index is 14.5. The third-order valence-electron chi connectivity index (χ3n) is 5.69. The monoisotopic (exact) mass is 513 g/mol. The molecule has 1 atom stereocenters. The molecule has 2 heterocycles. The first-order chi connectivity index (χ1) is 16.1. The molecule has 0 saturated carbocycles. The van der Waals surface area contributed by atoms with Crippen LogP contribution in [0, 0.1) is 5.82 Å². The number of ether oxygens (including phenoxy) is 1. The molecule has 1 aliphatic rings. The molecule has 0 bridgehead atoms. The first-order valence-electron chi connectivity index (χ1n) is 10.4. The number of hydrogen-bond acceptors (Lipinski definition) is 6. The van der Waals surface area contributed by atoms with Gasteiger partial charge in [0.25, 0.3) is 0 Å². The zero-order chi connectivity index (χ0) is 24.5. The summed E-state index contributed by atoms with van der Waals surface area (Å²) in [6, 6.07) is 5.14. The molecular formula is C23H20ClF4N3O2S. The van der Waals surface area contributed by atoms with Gasteiger partial charge in [-0.15, -0.1) is 11.3 Å². The van der Waals surface area contributed by atoms with E-state index in [1.54, 1.807) is 0 Å². The van der Waals surface area contributed by atoms with E-state index < -0.39 is 35.5 Å². The van der Waals surface area contributed by atoms with Gasteiger partial charge in [0.1, 0.15) is 11.4 Å². The van der Waals surface area contributed by atoms with Gasteiger partial charge in [0, 0.05) is 11.1 Å². The zero-order valence-electron chi connectivity index (χ0n) is 18.0. The molecule has 0 fully saturated rings. The highest BCUT2D eigenvalue weighted by Crippen LogP contribution is 2.41. The van der Waals surface area contributed by atoms with Gasteiger partial charge >= 0.3 is 12.1 Å². The van der Waals surface area contributed by atoms with Crippen LogP contribution < -0.4 is 5.32 Å². The van der Waals surface area contributed by atoms with Gasteiger partial charge < -0.3 is 10.1 Å². The Labute approximate surface area is 202 Å². The van der Waals surface area contributed by atoms with Gasteiger partial charge in [-0.25, -0.2) is 9.37 Å². The minimum atomic E-state index is -4.80. The number of halogens is 5. The van der Waals surface area contributed by atoms with Crippen LogP contribution in [0.1, 0.15) is 46.7 Å². The van der Waals surface area contributed by atoms with Crippen molar-refractivity contribution < 1.29 is 27.1 Å². The highest BCUT2D eigenvalue weighted by Gasteiger charge is 2.42. The number of rotatable bonds is 6. The van der Waals surface area contributed by atoms with E-state index in [0.29, 0.717) is 11.2 Å². The lowest BCUT2D eigenvalue weighted by Crippen LogP contribution is -2.40. The second-order valence-electron chi connectivity index (χ2n) is 7.97. The van der Waals surface area contributed by atoms with Crippen LogP contribution in [0.15, 0.2) is 36.5 Å². The quantitative estimate of drug-likeness (QED) is 0.316. The summed E-state index contributed by atoms with van der Waals surface area (Å²) in [6.07, 6.45) is -0.336. The van der Waals surface area contributed by atoms with Crippen molar-refractivity contribution in [2.45, 2.75) is 43.8 Å². The van der Waals surface area contributed by atoms with Crippen molar-refractivity contribution in [3.8, 4) is 0 Å². The highest BCUT2D eigenvalue weighted by atomic mass is 35.5. The van der Waals surface area contributed by atoms with Crippen LogP contribution in [0.2, 0.25) is 5.02 Å². The van der Waals surface area contributed by atoms with Crippen LogP contribution in [0.3, 0.4) is 0 Å². The molecule has 4 rings (SSSR count). The Bertz CT molecular complexity index is 1180. The fraction of sp³-hybridized carbons (Fsp3) is 0.348. The van der Waals surface area contributed by atoms with E-state index in [1.165, 1.54) is 29.7 Å². The lowest BCUT2D eigenvalue weighted by Gasteiger charge is -2.34. The number of aromatic nitrogens is 2. The summed E-state index contributed by atoms with van der Waals surface area (Å²) in [5.41, 5.74) is -1.97. The Hall–Kier alpha value is -2.72. The number of nitrogens with zero attached hydrogens (tertiary/aromatic N) is 2. The second kappa shape index (κ2) is 9.50. The second-order valence-corrected chi connectivity index (χ2v) is 9.49. The fourth-order valence-corrected chi connectivity index (χ4v) is 5.26. The molecule has 1 N–H and O–H groups in total. The number of thiazole rings is 1. The van der Waals surface area contributed by atoms with Crippen LogP contribution in [0.25, 0.3) is 0 Å². The number of methoxy groups -OCH3 is 1. The minimum Gasteiger partial charge on any atom is -0.469 e. The Morgan fingerprint density at radius 3 is 2.56 bits per heavy atom. The maximum Gasteiger partial charge on any atom is 0.416 e. The van der Waals surface area contributed by atoms with Crippen molar-refractivity contribution in [1.29, 1.82) is 0 Å². The summed E-state index contributed by atoms with van der Waals surface area (Å²) < 4.78 is 60.1. The van der Waals surface area contributed by atoms with E-state index in [2.05, 4.69) is 15.3 Å². The predicted molar refractivity (Wildman–Crippen MR) is 120 cm³/mol. The molecule has 0 aliphatic heterocycles. The van der Waals surface area contributed by atoms with Crippen LogP contribution in [-0.4, -0.2) is 23.0 Å². The Morgan fingerprint density at radius 1 is 1.18 bits per heavy atom. The lowest BCUT2D eigenvalue weighted by molar-refractivity contribution is -0.141. The average Bonchev–Trinajstić information content (AvgIpc) is 3.20. The SMILES string of the molecule is COC(=O)CC(Nc1nc2c(s1)CCCC2)(c1cc(F)cc(C(F)(F)F)c1)c1ccc(Cl)cn1. The standard InChI is InChI=1S/C23H20ClF4N3O2S/c1-33-20(32)11-22(19-7-6-15(24)12-29-19,13-8-14(23(26,27)28)10-16(25)9-13)31-21-30-17-4-2-3-5-18(17)34-21/h6-10,12H,2-5,11H2,1H3,(H,30,31). The fourth-order valence-electron chi connectivity index (χ4n) is 4.03. The van der Waals surface area contributed by atoms with Crippen molar-refractivity contribution >= 4 is 34.0 Å². The van der Waals surface area contributed by atoms with Crippen molar-refractivity contribution in [2.24, 2.45) is 0 Å². The molecule has 11 heteroatoms. The first-order valence-corrected chi connectivity index (χ1v) is 11.6. The van der Waals surface area contributed by atoms with Crippen LogP contribution in [0.5, 0.6) is 0 Å². The van der Waals surface area contributed by atoms with Gasteiger partial charge in [0.05, 0.1) is 35.5 Å². The molecule has 1 aromatic carbocycles. The summed E-state index contributed by atoms with van der Waals surface area (Å²) in [7, 11) is 1.16. The number of carbonyl (C=O) groups excluding carboxylic acids is 1. The van der Waals surface area contributed by atoms with E-state index in [9.17, 15) is 22.4 Å². The summed E-state index contributed by atoms with van der Waals surface area (Å²) >= 11 is 7.35. The van der Waals surface area contributed by atoms with E-state index >= 15 is 0 Å². The van der Waals surface area contributed by atoms with Crippen LogP contribution in [-0.2, 0) is 34.1 Å². The normalized spacial score (nSPS) is 15.4. The number of aryl methyl sites for hydroxylation is 2. The van der Waals surface area contributed by atoms with Gasteiger partial charge in [-0.2, -0.15) is 13.2 Å². The molecule has 2 aromatic heterocycles. The number of nitrogens with one attached hydrogen (secondary N) is 1. The molecule has 1 unspecified atom stereocenters. The first kappa shape index (κ1) is 24.4. The van der Waals surface area contributed by atoms with Crippen molar-refractivity contribution in [1.82, 2.24) is 9.97 Å². The molecule has 5 nitrogen and oxygen atoms in total. The summed E-state index contributed by atoms with van der Waals surface area (Å²) in [5.74, 6) is -1.84. The van der Waals surface area contributed by atoms with E-state index in [-0.39, 0.29) is 16.3 Å². The molecule has 0 spiro atoms. The van der Waals surface area contributed by atoms with Crippen LogP contribution >= 0.6 is 22.9 Å². The largest absolute Gasteiger partial charge is 0.469 e. The Morgan fingerprint density at radius 2 is 1.91 bits per heavy atom. The van der Waals surface area contributed by atoms with E-state index in [0.717, 1.165) is 55.5 Å². The Kier molecular flexibility index (Phi) is 6.82. The number of fused-ring (bicyclic) bond motifs is 1. The summed E-state index contributed by atoms with van der Waals surface area (Å²) in [5, 5.41) is 3.82. The lowest BCUT2D eigenvalue weighted by atomic mass is 9.82. The van der Waals surface area contributed by atoms with Crippen LogP contribution in [0.4, 0.5) is 22.7 Å². The molecular weight excluding hydrogens is 494 g/mol. The topological polar surface area (TPSA) is 64.1 Å². The number of pyridine rings is 1. The number of esters is 1. The number of anilines is 1. The third-order valence-corrected chi connectivity index (χ3v) is 6.98. The summed E-state index contributed by atoms with van der Waals surface area (Å²) in [4.78, 5) is 22.5. The molecule has 1 aliphatic carbocycles. The van der Waals surface area contributed by atoms with Gasteiger partial charge in [-0.05, 0) is 61.6 Å². The number of benzene rings is 1. The van der Waals surface area contributed by atoms with Gasteiger partial charge in [0.2, 0.25) is 0 Å². The third kappa shape index (κ3) is 5.02. The highest BCUT2D eigenvalue weighted by molar-refractivity contribution is 7.15. The van der Waals surface area contributed by atoms with Gasteiger partial charge in [0.15, 0.2) is 5.13 Å². The maximum absolute atomic E-state index is 14.5. The molecule has 0 amide bonds. The smallest absolute Gasteiger partial charge is 0.416 e. The molecule has 0 saturated heterocycles. The molecule has 34 heavy (non-hydrogen) atoms. The average molecular weight is 514 g/mol. The van der Waals surface area contributed by atoms with Crippen molar-refractivity contribution in [3.05, 3.63) is 74.8 Å². The number of alkyl halides is 3. The van der Waals surface area contributed by atoms with Crippen molar-refractivity contribution in [2.75, 3.05) is 12.4 Å². The van der Waals surface area contributed by atoms with Gasteiger partial charge in [-0.3, -0.25) is 9.78 Å². The van der Waals surface area contributed by atoms with E-state index in [1.807, 2.05) is 0 Å².